The number of unbranched alkanes of at least 4 members (excludes halogenated alkanes) is 2. The second-order valence-corrected chi connectivity index (χ2v) is 9.10. The summed E-state index contributed by atoms with van der Waals surface area (Å²) in [7, 11) is 1.95. The number of aromatic amines is 1. The zero-order valence-corrected chi connectivity index (χ0v) is 20.7. The monoisotopic (exact) mass is 567 g/mol. The van der Waals surface area contributed by atoms with Gasteiger partial charge < -0.3 is 25.5 Å². The number of anilines is 1. The smallest absolute Gasteiger partial charge is 0.406 e. The van der Waals surface area contributed by atoms with Crippen LogP contribution in [0.1, 0.15) is 50.3 Å². The first-order valence-electron chi connectivity index (χ1n) is 12.0. The van der Waals surface area contributed by atoms with Crippen LogP contribution in [0.4, 0.5) is 32.2 Å². The summed E-state index contributed by atoms with van der Waals surface area (Å²) in [6.45, 7) is 1.02. The van der Waals surface area contributed by atoms with Gasteiger partial charge in [0.2, 0.25) is 0 Å². The second-order valence-electron chi connectivity index (χ2n) is 9.10. The lowest BCUT2D eigenvalue weighted by atomic mass is 10.1. The summed E-state index contributed by atoms with van der Waals surface area (Å²) in [4.78, 5) is 45.7. The normalized spacial score (nSPS) is 16.9. The number of ether oxygens (including phenoxy) is 2. The van der Waals surface area contributed by atoms with Gasteiger partial charge in [0.15, 0.2) is 0 Å². The van der Waals surface area contributed by atoms with Crippen molar-refractivity contribution >= 4 is 34.6 Å². The summed E-state index contributed by atoms with van der Waals surface area (Å²) >= 11 is 0. The standard InChI is InChI=1S/C23H27F6N5O5/c1-34-9-5-6-16(34)15-10-13-12-31-17(11-14(13)32-15)33-18(35)21(7-3-2-4-8-30,38-19(36)22(24,25)26)39-20(37)23(27,28)29/h10-12,16,32H,2-9,30H2,1H3,(H,31,33,35)/t16-/m1/s1. The molecule has 1 saturated heterocycles. The molecule has 0 aromatic carbocycles. The van der Waals surface area contributed by atoms with E-state index in [0.29, 0.717) is 10.9 Å². The number of nitrogens with zero attached hydrogens (tertiary/aromatic N) is 2. The molecule has 0 aliphatic carbocycles. The Morgan fingerprint density at radius 1 is 1.08 bits per heavy atom. The van der Waals surface area contributed by atoms with E-state index in [1.54, 1.807) is 0 Å². The van der Waals surface area contributed by atoms with Gasteiger partial charge in [0.1, 0.15) is 5.82 Å². The van der Waals surface area contributed by atoms with Gasteiger partial charge in [-0.1, -0.05) is 6.42 Å². The number of carbonyl (C=O) groups is 3. The van der Waals surface area contributed by atoms with E-state index in [-0.39, 0.29) is 37.7 Å². The van der Waals surface area contributed by atoms with Crippen molar-refractivity contribution in [3.8, 4) is 0 Å². The zero-order chi connectivity index (χ0) is 29.0. The Balaban J connectivity index is 1.94. The number of halogens is 6. The Hall–Kier alpha value is -3.40. The van der Waals surface area contributed by atoms with Crippen molar-refractivity contribution in [3.05, 3.63) is 24.0 Å². The van der Waals surface area contributed by atoms with E-state index in [2.05, 4.69) is 24.3 Å². The van der Waals surface area contributed by atoms with Crippen molar-refractivity contribution in [3.63, 3.8) is 0 Å². The molecule has 0 spiro atoms. The topological polar surface area (TPSA) is 140 Å². The molecule has 39 heavy (non-hydrogen) atoms. The van der Waals surface area contributed by atoms with E-state index in [9.17, 15) is 40.7 Å². The number of alkyl halides is 6. The summed E-state index contributed by atoms with van der Waals surface area (Å²) in [5, 5.41) is 2.65. The predicted molar refractivity (Wildman–Crippen MR) is 124 cm³/mol. The number of nitrogens with two attached hydrogens (primary N) is 1. The molecular formula is C23H27F6N5O5. The third kappa shape index (κ3) is 7.38. The summed E-state index contributed by atoms with van der Waals surface area (Å²) in [5.74, 6) is -11.7. The number of nitrogens with one attached hydrogen (secondary N) is 2. The molecule has 1 atom stereocenters. The fraction of sp³-hybridized carbons (Fsp3) is 0.565. The first kappa shape index (κ1) is 30.1. The predicted octanol–water partition coefficient (Wildman–Crippen LogP) is 3.69. The molecular weight excluding hydrogens is 540 g/mol. The number of rotatable bonds is 10. The Kier molecular flexibility index (Phi) is 9.10. The van der Waals surface area contributed by atoms with Crippen LogP contribution in [0, 0.1) is 0 Å². The lowest BCUT2D eigenvalue weighted by Gasteiger charge is -2.31. The van der Waals surface area contributed by atoms with E-state index in [1.165, 1.54) is 12.3 Å². The Morgan fingerprint density at radius 3 is 2.26 bits per heavy atom. The van der Waals surface area contributed by atoms with Gasteiger partial charge in [-0.2, -0.15) is 26.3 Å². The van der Waals surface area contributed by atoms with Gasteiger partial charge in [-0.3, -0.25) is 9.69 Å². The molecule has 0 radical (unpaired) electrons. The summed E-state index contributed by atoms with van der Waals surface area (Å²) in [6.07, 6.45) is -9.11. The van der Waals surface area contributed by atoms with Gasteiger partial charge in [-0.15, -0.1) is 0 Å². The average Bonchev–Trinajstić information content (AvgIpc) is 3.45. The summed E-state index contributed by atoms with van der Waals surface area (Å²) in [6, 6.07) is 3.22. The minimum atomic E-state index is -5.71. The van der Waals surface area contributed by atoms with Crippen molar-refractivity contribution in [2.45, 2.75) is 62.7 Å². The number of hydrogen-bond acceptors (Lipinski definition) is 8. The van der Waals surface area contributed by atoms with Crippen LogP contribution < -0.4 is 11.1 Å². The SMILES string of the molecule is CN1CCC[C@@H]1c1cc2cnc(NC(=O)C(CCCCCN)(OC(=O)C(F)(F)F)OC(=O)C(F)(F)F)cc2[nH]1. The molecule has 4 N–H and O–H groups in total. The van der Waals surface area contributed by atoms with Gasteiger partial charge in [0, 0.05) is 35.8 Å². The number of esters is 2. The third-order valence-corrected chi connectivity index (χ3v) is 6.18. The fourth-order valence-corrected chi connectivity index (χ4v) is 4.23. The van der Waals surface area contributed by atoms with Crippen molar-refractivity contribution < 1.29 is 50.2 Å². The van der Waals surface area contributed by atoms with Gasteiger partial charge >= 0.3 is 36.0 Å². The number of pyridine rings is 1. The minimum Gasteiger partial charge on any atom is -0.406 e. The van der Waals surface area contributed by atoms with E-state index in [0.717, 1.165) is 25.1 Å². The molecule has 0 unspecified atom stereocenters. The third-order valence-electron chi connectivity index (χ3n) is 6.18. The molecule has 1 amide bonds. The highest BCUT2D eigenvalue weighted by Gasteiger charge is 2.56. The zero-order valence-electron chi connectivity index (χ0n) is 20.7. The van der Waals surface area contributed by atoms with Crippen molar-refractivity contribution in [1.82, 2.24) is 14.9 Å². The molecule has 0 bridgehead atoms. The van der Waals surface area contributed by atoms with Crippen LogP contribution in [-0.4, -0.2) is 71.0 Å². The molecule has 3 rings (SSSR count). The van der Waals surface area contributed by atoms with Crippen LogP contribution in [0.15, 0.2) is 18.3 Å². The van der Waals surface area contributed by atoms with Crippen molar-refractivity contribution in [2.24, 2.45) is 5.73 Å². The molecule has 1 aliphatic rings. The van der Waals surface area contributed by atoms with Crippen molar-refractivity contribution in [2.75, 3.05) is 25.5 Å². The van der Waals surface area contributed by atoms with E-state index >= 15 is 0 Å². The molecule has 2 aromatic rings. The maximum atomic E-state index is 13.1. The van der Waals surface area contributed by atoms with Gasteiger partial charge in [-0.25, -0.2) is 14.6 Å². The lowest BCUT2D eigenvalue weighted by Crippen LogP contribution is -2.54. The van der Waals surface area contributed by atoms with Gasteiger partial charge in [-0.05, 0) is 51.9 Å². The second kappa shape index (κ2) is 11.8. The van der Waals surface area contributed by atoms with Crippen molar-refractivity contribution in [1.29, 1.82) is 0 Å². The molecule has 3 heterocycles. The number of carbonyl (C=O) groups excluding carboxylic acids is 3. The number of fused-ring (bicyclic) bond motifs is 1. The molecule has 2 aromatic heterocycles. The fourth-order valence-electron chi connectivity index (χ4n) is 4.23. The van der Waals surface area contributed by atoms with Gasteiger partial charge in [0.25, 0.3) is 0 Å². The van der Waals surface area contributed by atoms with Crippen LogP contribution in [0.2, 0.25) is 0 Å². The Bertz CT molecular complexity index is 1170. The largest absolute Gasteiger partial charge is 0.491 e. The first-order valence-corrected chi connectivity index (χ1v) is 12.0. The van der Waals surface area contributed by atoms with Crippen LogP contribution in [0.5, 0.6) is 0 Å². The van der Waals surface area contributed by atoms with E-state index < -0.39 is 42.4 Å². The van der Waals surface area contributed by atoms with Crippen LogP contribution in [-0.2, 0) is 23.9 Å². The molecule has 1 aliphatic heterocycles. The number of likely N-dealkylation sites (tertiary alicyclic amines) is 1. The average molecular weight is 567 g/mol. The molecule has 216 valence electrons. The molecule has 10 nitrogen and oxygen atoms in total. The maximum absolute atomic E-state index is 13.1. The van der Waals surface area contributed by atoms with Crippen LogP contribution in [0.25, 0.3) is 10.9 Å². The van der Waals surface area contributed by atoms with Crippen LogP contribution >= 0.6 is 0 Å². The molecule has 0 saturated carbocycles. The quantitative estimate of drug-likeness (QED) is 0.171. The first-order chi connectivity index (χ1) is 18.2. The Labute approximate surface area is 218 Å². The van der Waals surface area contributed by atoms with Gasteiger partial charge in [0.05, 0.1) is 5.52 Å². The summed E-state index contributed by atoms with van der Waals surface area (Å²) in [5.41, 5.74) is 6.66. The lowest BCUT2D eigenvalue weighted by molar-refractivity contribution is -0.266. The number of hydrogen-bond donors (Lipinski definition) is 3. The highest BCUT2D eigenvalue weighted by molar-refractivity contribution is 5.99. The highest BCUT2D eigenvalue weighted by atomic mass is 19.4. The molecule has 16 heteroatoms. The number of H-pyrrole nitrogens is 1. The number of amides is 1. The van der Waals surface area contributed by atoms with Crippen LogP contribution in [0.3, 0.4) is 0 Å². The highest BCUT2D eigenvalue weighted by Crippen LogP contribution is 2.34. The number of aromatic nitrogens is 2. The summed E-state index contributed by atoms with van der Waals surface area (Å²) < 4.78 is 86.4. The molecule has 1 fully saturated rings. The van der Waals surface area contributed by atoms with E-state index in [1.807, 2.05) is 18.4 Å². The Morgan fingerprint density at radius 2 is 1.72 bits per heavy atom. The minimum absolute atomic E-state index is 0.0974. The maximum Gasteiger partial charge on any atom is 0.491 e. The van der Waals surface area contributed by atoms with E-state index in [4.69, 9.17) is 5.73 Å².